The molecule has 1 aliphatic rings. The Kier molecular flexibility index (Phi) is 2.94. The number of sulfonamides is 1. The normalized spacial score (nSPS) is 13.9. The van der Waals surface area contributed by atoms with E-state index in [2.05, 4.69) is 15.0 Å². The molecule has 0 bridgehead atoms. The molecule has 100 valence electrons. The Bertz CT molecular complexity index is 722. The van der Waals surface area contributed by atoms with E-state index >= 15 is 0 Å². The number of nitrogens with zero attached hydrogens (tertiary/aromatic N) is 1. The minimum absolute atomic E-state index is 0.280. The highest BCUT2D eigenvalue weighted by atomic mass is 32.2. The summed E-state index contributed by atoms with van der Waals surface area (Å²) in [4.78, 5) is 4.39. The van der Waals surface area contributed by atoms with Crippen molar-refractivity contribution in [1.29, 1.82) is 0 Å². The van der Waals surface area contributed by atoms with Gasteiger partial charge in [0.15, 0.2) is 5.13 Å². The summed E-state index contributed by atoms with van der Waals surface area (Å²) in [5, 5.41) is 5.42. The molecule has 5 nitrogen and oxygen atoms in total. The van der Waals surface area contributed by atoms with Crippen molar-refractivity contribution in [2.45, 2.75) is 18.2 Å². The highest BCUT2D eigenvalue weighted by Crippen LogP contribution is 2.26. The number of hydrogen-bond acceptors (Lipinski definition) is 5. The molecule has 1 aromatic carbocycles. The van der Waals surface area contributed by atoms with E-state index in [1.165, 1.54) is 11.3 Å². The number of fused-ring (bicyclic) bond motifs is 1. The van der Waals surface area contributed by atoms with Gasteiger partial charge in [0.1, 0.15) is 0 Å². The van der Waals surface area contributed by atoms with Gasteiger partial charge < -0.3 is 5.32 Å². The fraction of sp³-hybridized carbons (Fsp3) is 0.250. The van der Waals surface area contributed by atoms with Gasteiger partial charge in [-0.1, -0.05) is 0 Å². The predicted octanol–water partition coefficient (Wildman–Crippen LogP) is 2.22. The van der Waals surface area contributed by atoms with E-state index < -0.39 is 10.0 Å². The number of aryl methyl sites for hydroxylation is 1. The van der Waals surface area contributed by atoms with Crippen LogP contribution in [-0.4, -0.2) is 19.9 Å². The first kappa shape index (κ1) is 12.4. The molecule has 0 saturated heterocycles. The minimum atomic E-state index is -3.55. The van der Waals surface area contributed by atoms with Crippen LogP contribution in [0.25, 0.3) is 0 Å². The van der Waals surface area contributed by atoms with Crippen molar-refractivity contribution in [3.63, 3.8) is 0 Å². The third kappa shape index (κ3) is 2.43. The van der Waals surface area contributed by atoms with E-state index in [4.69, 9.17) is 0 Å². The zero-order chi connectivity index (χ0) is 13.5. The van der Waals surface area contributed by atoms with E-state index in [9.17, 15) is 8.42 Å². The average molecular weight is 295 g/mol. The average Bonchev–Trinajstić information content (AvgIpc) is 2.96. The summed E-state index contributed by atoms with van der Waals surface area (Å²) < 4.78 is 27.0. The van der Waals surface area contributed by atoms with Crippen LogP contribution in [0.5, 0.6) is 0 Å². The van der Waals surface area contributed by atoms with Gasteiger partial charge in [-0.15, -0.1) is 11.3 Å². The Hall–Kier alpha value is -1.60. The molecule has 2 heterocycles. The van der Waals surface area contributed by atoms with Gasteiger partial charge in [0.05, 0.1) is 10.6 Å². The highest BCUT2D eigenvalue weighted by molar-refractivity contribution is 7.93. The third-order valence-corrected chi connectivity index (χ3v) is 5.28. The van der Waals surface area contributed by atoms with Crippen LogP contribution in [0.1, 0.15) is 11.3 Å². The SMILES string of the molecule is Cc1csc(NS(=O)(=O)c2ccc3c(c2)CCN3)n1. The van der Waals surface area contributed by atoms with Crippen molar-refractivity contribution in [2.24, 2.45) is 0 Å². The monoisotopic (exact) mass is 295 g/mol. The van der Waals surface area contributed by atoms with Crippen LogP contribution < -0.4 is 10.0 Å². The van der Waals surface area contributed by atoms with Gasteiger partial charge in [-0.3, -0.25) is 4.72 Å². The first-order valence-electron chi connectivity index (χ1n) is 5.86. The molecule has 1 aliphatic heterocycles. The molecule has 0 radical (unpaired) electrons. The molecule has 1 aromatic heterocycles. The number of benzene rings is 1. The topological polar surface area (TPSA) is 71.1 Å². The Morgan fingerprint density at radius 2 is 2.26 bits per heavy atom. The molecule has 0 atom stereocenters. The van der Waals surface area contributed by atoms with Crippen molar-refractivity contribution < 1.29 is 8.42 Å². The number of nitrogens with one attached hydrogen (secondary N) is 2. The van der Waals surface area contributed by atoms with Gasteiger partial charge in [0, 0.05) is 17.6 Å². The molecule has 2 aromatic rings. The highest BCUT2D eigenvalue weighted by Gasteiger charge is 2.19. The molecule has 0 fully saturated rings. The molecule has 0 saturated carbocycles. The Morgan fingerprint density at radius 3 is 3.00 bits per heavy atom. The lowest BCUT2D eigenvalue weighted by Gasteiger charge is -2.07. The van der Waals surface area contributed by atoms with E-state index in [-0.39, 0.29) is 4.90 Å². The maximum absolute atomic E-state index is 12.2. The number of rotatable bonds is 3. The van der Waals surface area contributed by atoms with Crippen LogP contribution in [0.4, 0.5) is 10.8 Å². The zero-order valence-electron chi connectivity index (χ0n) is 10.3. The van der Waals surface area contributed by atoms with Crippen molar-refractivity contribution in [3.05, 3.63) is 34.8 Å². The Morgan fingerprint density at radius 1 is 1.42 bits per heavy atom. The van der Waals surface area contributed by atoms with E-state index in [1.54, 1.807) is 12.1 Å². The first-order chi connectivity index (χ1) is 9.04. The smallest absolute Gasteiger partial charge is 0.263 e. The number of hydrogen-bond donors (Lipinski definition) is 2. The quantitative estimate of drug-likeness (QED) is 0.911. The predicted molar refractivity (Wildman–Crippen MR) is 76.3 cm³/mol. The van der Waals surface area contributed by atoms with E-state index in [1.807, 2.05) is 18.4 Å². The van der Waals surface area contributed by atoms with Crippen molar-refractivity contribution in [3.8, 4) is 0 Å². The van der Waals surface area contributed by atoms with Gasteiger partial charge in [-0.05, 0) is 37.1 Å². The van der Waals surface area contributed by atoms with Gasteiger partial charge >= 0.3 is 0 Å². The summed E-state index contributed by atoms with van der Waals surface area (Å²) >= 11 is 1.28. The molecule has 3 rings (SSSR count). The number of aromatic nitrogens is 1. The molecular weight excluding hydrogens is 282 g/mol. The van der Waals surface area contributed by atoms with E-state index in [0.717, 1.165) is 29.9 Å². The summed E-state index contributed by atoms with van der Waals surface area (Å²) in [6, 6.07) is 5.14. The largest absolute Gasteiger partial charge is 0.384 e. The van der Waals surface area contributed by atoms with Crippen LogP contribution >= 0.6 is 11.3 Å². The van der Waals surface area contributed by atoms with E-state index in [0.29, 0.717) is 5.13 Å². The second-order valence-electron chi connectivity index (χ2n) is 4.40. The molecule has 0 aliphatic carbocycles. The third-order valence-electron chi connectivity index (χ3n) is 2.94. The summed E-state index contributed by atoms with van der Waals surface area (Å²) in [5.41, 5.74) is 2.86. The van der Waals surface area contributed by atoms with Gasteiger partial charge in [0.2, 0.25) is 0 Å². The zero-order valence-corrected chi connectivity index (χ0v) is 11.9. The molecule has 0 unspecified atom stereocenters. The first-order valence-corrected chi connectivity index (χ1v) is 8.23. The molecular formula is C12H13N3O2S2. The van der Waals surface area contributed by atoms with Crippen LogP contribution in [0, 0.1) is 6.92 Å². The summed E-state index contributed by atoms with van der Waals surface area (Å²) in [6.45, 7) is 2.69. The lowest BCUT2D eigenvalue weighted by Crippen LogP contribution is -2.13. The maximum atomic E-state index is 12.2. The summed E-state index contributed by atoms with van der Waals surface area (Å²) in [7, 11) is -3.55. The maximum Gasteiger partial charge on any atom is 0.263 e. The minimum Gasteiger partial charge on any atom is -0.384 e. The molecule has 19 heavy (non-hydrogen) atoms. The second kappa shape index (κ2) is 4.50. The van der Waals surface area contributed by atoms with Gasteiger partial charge in [0.25, 0.3) is 10.0 Å². The summed E-state index contributed by atoms with van der Waals surface area (Å²) in [6.07, 6.45) is 0.856. The summed E-state index contributed by atoms with van der Waals surface area (Å²) in [5.74, 6) is 0. The van der Waals surface area contributed by atoms with Crippen molar-refractivity contribution in [1.82, 2.24) is 4.98 Å². The number of anilines is 2. The van der Waals surface area contributed by atoms with Crippen LogP contribution in [0.2, 0.25) is 0 Å². The fourth-order valence-corrected chi connectivity index (χ4v) is 4.01. The Labute approximate surface area is 115 Å². The van der Waals surface area contributed by atoms with Gasteiger partial charge in [-0.2, -0.15) is 0 Å². The number of thiazole rings is 1. The van der Waals surface area contributed by atoms with Crippen molar-refractivity contribution >= 4 is 32.2 Å². The van der Waals surface area contributed by atoms with Crippen LogP contribution in [0.15, 0.2) is 28.5 Å². The van der Waals surface area contributed by atoms with Gasteiger partial charge in [-0.25, -0.2) is 13.4 Å². The molecule has 0 amide bonds. The lowest BCUT2D eigenvalue weighted by atomic mass is 10.2. The fourth-order valence-electron chi connectivity index (χ4n) is 2.02. The van der Waals surface area contributed by atoms with Crippen molar-refractivity contribution in [2.75, 3.05) is 16.6 Å². The second-order valence-corrected chi connectivity index (χ2v) is 6.94. The molecule has 2 N–H and O–H groups in total. The van der Waals surface area contributed by atoms with Crippen LogP contribution in [-0.2, 0) is 16.4 Å². The molecule has 7 heteroatoms. The van der Waals surface area contributed by atoms with Crippen LogP contribution in [0.3, 0.4) is 0 Å². The molecule has 0 spiro atoms. The standard InChI is InChI=1S/C12H13N3O2S2/c1-8-7-18-12(14-8)15-19(16,17)10-2-3-11-9(6-10)4-5-13-11/h2-3,6-7,13H,4-5H2,1H3,(H,14,15). The lowest BCUT2D eigenvalue weighted by molar-refractivity contribution is 0.601. The Balaban J connectivity index is 1.92.